The van der Waals surface area contributed by atoms with Crippen LogP contribution >= 0.6 is 0 Å². The number of hydrogen-bond acceptors (Lipinski definition) is 3. The molecule has 1 aliphatic heterocycles. The van der Waals surface area contributed by atoms with Crippen molar-refractivity contribution in [2.24, 2.45) is 5.92 Å². The molecule has 0 unspecified atom stereocenters. The second-order valence-corrected chi connectivity index (χ2v) is 6.87. The van der Waals surface area contributed by atoms with Crippen LogP contribution in [0.25, 0.3) is 0 Å². The minimum absolute atomic E-state index is 0.454. The Morgan fingerprint density at radius 3 is 2.74 bits per heavy atom. The van der Waals surface area contributed by atoms with Crippen LogP contribution in [-0.4, -0.2) is 49.8 Å². The van der Waals surface area contributed by atoms with Crippen molar-refractivity contribution < 1.29 is 4.74 Å². The predicted molar refractivity (Wildman–Crippen MR) is 80.5 cm³/mol. The molecule has 0 bridgehead atoms. The highest BCUT2D eigenvalue weighted by molar-refractivity contribution is 4.96. The van der Waals surface area contributed by atoms with E-state index in [0.29, 0.717) is 11.5 Å². The van der Waals surface area contributed by atoms with Gasteiger partial charge in [0.05, 0.1) is 0 Å². The number of hydrogen-bond donors (Lipinski definition) is 1. The van der Waals surface area contributed by atoms with E-state index in [2.05, 4.69) is 24.1 Å². The summed E-state index contributed by atoms with van der Waals surface area (Å²) in [5.74, 6) is 0.657. The number of nitrogens with one attached hydrogen (secondary N) is 1. The van der Waals surface area contributed by atoms with Gasteiger partial charge in [-0.05, 0) is 25.2 Å². The lowest BCUT2D eigenvalue weighted by molar-refractivity contribution is 0.0737. The molecule has 1 saturated carbocycles. The second kappa shape index (κ2) is 7.61. The van der Waals surface area contributed by atoms with Crippen molar-refractivity contribution in [3.8, 4) is 0 Å². The zero-order chi connectivity index (χ0) is 13.6. The molecule has 0 aromatic heterocycles. The maximum absolute atomic E-state index is 5.68. The molecule has 2 rings (SSSR count). The molecular formula is C16H32N2O. The molecular weight excluding hydrogens is 236 g/mol. The highest BCUT2D eigenvalue weighted by Crippen LogP contribution is 2.30. The normalized spacial score (nSPS) is 24.2. The van der Waals surface area contributed by atoms with E-state index in [1.807, 2.05) is 0 Å². The molecule has 1 saturated heterocycles. The van der Waals surface area contributed by atoms with Gasteiger partial charge >= 0.3 is 0 Å². The van der Waals surface area contributed by atoms with Gasteiger partial charge in [0.1, 0.15) is 0 Å². The minimum atomic E-state index is 0.454. The predicted octanol–water partition coefficient (Wildman–Crippen LogP) is 2.66. The molecule has 1 spiro atoms. The zero-order valence-corrected chi connectivity index (χ0v) is 12.9. The summed E-state index contributed by atoms with van der Waals surface area (Å²) in [6.07, 6.45) is 8.21. The monoisotopic (exact) mass is 268 g/mol. The summed E-state index contributed by atoms with van der Waals surface area (Å²) in [5.41, 5.74) is 0.454. The SMILES string of the molecule is CC(C)COCCCN1CCNC2(CCCCC2)C1. The number of rotatable bonds is 6. The van der Waals surface area contributed by atoms with Crippen LogP contribution in [0, 0.1) is 5.92 Å². The summed E-state index contributed by atoms with van der Waals surface area (Å²) < 4.78 is 5.68. The van der Waals surface area contributed by atoms with Crippen LogP contribution in [-0.2, 0) is 4.74 Å². The Balaban J connectivity index is 1.64. The van der Waals surface area contributed by atoms with Crippen molar-refractivity contribution in [3.05, 3.63) is 0 Å². The maximum atomic E-state index is 5.68. The first-order chi connectivity index (χ1) is 9.20. The molecule has 0 atom stereocenters. The van der Waals surface area contributed by atoms with Gasteiger partial charge in [-0.25, -0.2) is 0 Å². The van der Waals surface area contributed by atoms with Gasteiger partial charge in [0, 0.05) is 44.9 Å². The van der Waals surface area contributed by atoms with Crippen LogP contribution in [0.1, 0.15) is 52.4 Å². The van der Waals surface area contributed by atoms with Gasteiger partial charge in [-0.1, -0.05) is 33.1 Å². The number of nitrogens with zero attached hydrogens (tertiary/aromatic N) is 1. The molecule has 1 heterocycles. The molecule has 2 aliphatic rings. The molecule has 112 valence electrons. The summed E-state index contributed by atoms with van der Waals surface area (Å²) in [6, 6.07) is 0. The van der Waals surface area contributed by atoms with E-state index in [9.17, 15) is 0 Å². The first-order valence-corrected chi connectivity index (χ1v) is 8.25. The van der Waals surface area contributed by atoms with E-state index in [1.54, 1.807) is 0 Å². The van der Waals surface area contributed by atoms with Crippen molar-refractivity contribution in [1.29, 1.82) is 0 Å². The van der Waals surface area contributed by atoms with Gasteiger partial charge in [0.15, 0.2) is 0 Å². The van der Waals surface area contributed by atoms with E-state index in [-0.39, 0.29) is 0 Å². The van der Waals surface area contributed by atoms with Crippen molar-refractivity contribution in [2.45, 2.75) is 57.9 Å². The summed E-state index contributed by atoms with van der Waals surface area (Å²) >= 11 is 0. The summed E-state index contributed by atoms with van der Waals surface area (Å²) in [5, 5.41) is 3.81. The van der Waals surface area contributed by atoms with Gasteiger partial charge in [-0.15, -0.1) is 0 Å². The largest absolute Gasteiger partial charge is 0.381 e. The van der Waals surface area contributed by atoms with E-state index in [0.717, 1.165) is 13.2 Å². The average Bonchev–Trinajstić information content (AvgIpc) is 2.39. The smallest absolute Gasteiger partial charge is 0.0489 e. The molecule has 3 heteroatoms. The third-order valence-corrected chi connectivity index (χ3v) is 4.48. The fourth-order valence-corrected chi connectivity index (χ4v) is 3.51. The van der Waals surface area contributed by atoms with Gasteiger partial charge in [-0.2, -0.15) is 0 Å². The summed E-state index contributed by atoms with van der Waals surface area (Å²) in [7, 11) is 0. The average molecular weight is 268 g/mol. The Morgan fingerprint density at radius 1 is 1.21 bits per heavy atom. The Kier molecular flexibility index (Phi) is 6.11. The Morgan fingerprint density at radius 2 is 2.00 bits per heavy atom. The highest BCUT2D eigenvalue weighted by Gasteiger charge is 2.35. The van der Waals surface area contributed by atoms with Crippen molar-refractivity contribution >= 4 is 0 Å². The lowest BCUT2D eigenvalue weighted by Crippen LogP contribution is -2.61. The van der Waals surface area contributed by atoms with Gasteiger partial charge < -0.3 is 15.0 Å². The molecule has 2 fully saturated rings. The molecule has 0 amide bonds. The van der Waals surface area contributed by atoms with Crippen LogP contribution in [0.15, 0.2) is 0 Å². The quantitative estimate of drug-likeness (QED) is 0.750. The van der Waals surface area contributed by atoms with Crippen molar-refractivity contribution in [2.75, 3.05) is 39.4 Å². The fourth-order valence-electron chi connectivity index (χ4n) is 3.51. The van der Waals surface area contributed by atoms with Crippen molar-refractivity contribution in [1.82, 2.24) is 10.2 Å². The van der Waals surface area contributed by atoms with Gasteiger partial charge in [-0.3, -0.25) is 0 Å². The Hall–Kier alpha value is -0.120. The number of ether oxygens (including phenoxy) is 1. The van der Waals surface area contributed by atoms with E-state index in [1.165, 1.54) is 64.7 Å². The Bertz CT molecular complexity index is 244. The summed E-state index contributed by atoms with van der Waals surface area (Å²) in [6.45, 7) is 11.1. The fraction of sp³-hybridized carbons (Fsp3) is 1.00. The molecule has 0 aromatic carbocycles. The van der Waals surface area contributed by atoms with Crippen LogP contribution < -0.4 is 5.32 Å². The molecule has 0 radical (unpaired) electrons. The molecule has 1 N–H and O–H groups in total. The van der Waals surface area contributed by atoms with Crippen LogP contribution in [0.3, 0.4) is 0 Å². The second-order valence-electron chi connectivity index (χ2n) is 6.87. The topological polar surface area (TPSA) is 24.5 Å². The maximum Gasteiger partial charge on any atom is 0.0489 e. The molecule has 3 nitrogen and oxygen atoms in total. The lowest BCUT2D eigenvalue weighted by Gasteiger charge is -2.46. The molecule has 0 aromatic rings. The standard InChI is InChI=1S/C16H32N2O/c1-15(2)13-19-12-6-10-18-11-9-17-16(14-18)7-4-3-5-8-16/h15,17H,3-14H2,1-2H3. The highest BCUT2D eigenvalue weighted by atomic mass is 16.5. The zero-order valence-electron chi connectivity index (χ0n) is 12.9. The van der Waals surface area contributed by atoms with E-state index < -0.39 is 0 Å². The van der Waals surface area contributed by atoms with E-state index in [4.69, 9.17) is 4.74 Å². The van der Waals surface area contributed by atoms with Gasteiger partial charge in [0.25, 0.3) is 0 Å². The van der Waals surface area contributed by atoms with Gasteiger partial charge in [0.2, 0.25) is 0 Å². The van der Waals surface area contributed by atoms with Crippen molar-refractivity contribution in [3.63, 3.8) is 0 Å². The first-order valence-electron chi connectivity index (χ1n) is 8.25. The van der Waals surface area contributed by atoms with Crippen LogP contribution in [0.2, 0.25) is 0 Å². The third-order valence-electron chi connectivity index (χ3n) is 4.48. The van der Waals surface area contributed by atoms with E-state index >= 15 is 0 Å². The first kappa shape index (κ1) is 15.3. The third kappa shape index (κ3) is 5.05. The van der Waals surface area contributed by atoms with Crippen LogP contribution in [0.4, 0.5) is 0 Å². The summed E-state index contributed by atoms with van der Waals surface area (Å²) in [4.78, 5) is 2.65. The molecule has 19 heavy (non-hydrogen) atoms. The number of piperazine rings is 1. The minimum Gasteiger partial charge on any atom is -0.381 e. The Labute approximate surface area is 119 Å². The van der Waals surface area contributed by atoms with Crippen LogP contribution in [0.5, 0.6) is 0 Å². The lowest BCUT2D eigenvalue weighted by atomic mass is 9.80. The molecule has 1 aliphatic carbocycles.